The highest BCUT2D eigenvalue weighted by atomic mass is 16.5. The number of amides is 1. The third-order valence-electron chi connectivity index (χ3n) is 1.29. The van der Waals surface area contributed by atoms with Gasteiger partial charge >= 0.3 is 5.97 Å². The van der Waals surface area contributed by atoms with Gasteiger partial charge in [0.05, 0.1) is 6.61 Å². The van der Waals surface area contributed by atoms with E-state index in [-0.39, 0.29) is 19.1 Å². The zero-order chi connectivity index (χ0) is 10.8. The summed E-state index contributed by atoms with van der Waals surface area (Å²) in [6.45, 7) is 2.40. The molecule has 0 aliphatic heterocycles. The predicted molar refractivity (Wildman–Crippen MR) is 50.5 cm³/mol. The van der Waals surface area contributed by atoms with Gasteiger partial charge in [0.25, 0.3) is 0 Å². The van der Waals surface area contributed by atoms with Gasteiger partial charge in [0.2, 0.25) is 5.91 Å². The zero-order valence-electron chi connectivity index (χ0n) is 8.16. The molecule has 5 nitrogen and oxygen atoms in total. The Balaban J connectivity index is 3.64. The molecule has 0 rings (SSSR count). The Labute approximate surface area is 82.7 Å². The van der Waals surface area contributed by atoms with Gasteiger partial charge < -0.3 is 15.2 Å². The fourth-order valence-electron chi connectivity index (χ4n) is 0.684. The van der Waals surface area contributed by atoms with Crippen LogP contribution in [-0.2, 0) is 14.3 Å². The van der Waals surface area contributed by atoms with Crippen LogP contribution in [0, 0.1) is 0 Å². The number of ether oxygens (including phenoxy) is 1. The lowest BCUT2D eigenvalue weighted by Gasteiger charge is -1.98. The van der Waals surface area contributed by atoms with Crippen molar-refractivity contribution in [3.63, 3.8) is 0 Å². The van der Waals surface area contributed by atoms with Gasteiger partial charge in [-0.15, -0.1) is 0 Å². The lowest BCUT2D eigenvalue weighted by Crippen LogP contribution is -2.23. The molecule has 0 heterocycles. The van der Waals surface area contributed by atoms with Crippen molar-refractivity contribution in [1.29, 1.82) is 0 Å². The molecular weight excluding hydrogens is 186 g/mol. The molecule has 1 amide bonds. The molecule has 0 fully saturated rings. The summed E-state index contributed by atoms with van der Waals surface area (Å²) < 4.78 is 4.57. The van der Waals surface area contributed by atoms with Crippen molar-refractivity contribution in [3.8, 4) is 0 Å². The van der Waals surface area contributed by atoms with Crippen molar-refractivity contribution in [2.75, 3.05) is 19.8 Å². The fraction of sp³-hybridized carbons (Fsp3) is 0.556. The molecule has 0 saturated carbocycles. The van der Waals surface area contributed by atoms with E-state index < -0.39 is 5.97 Å². The molecule has 0 radical (unpaired) electrons. The summed E-state index contributed by atoms with van der Waals surface area (Å²) in [5, 5.41) is 10.9. The predicted octanol–water partition coefficient (Wildman–Crippen LogP) is -0.396. The first-order chi connectivity index (χ1) is 6.70. The second kappa shape index (κ2) is 8.25. The summed E-state index contributed by atoms with van der Waals surface area (Å²) in [6.07, 6.45) is 2.67. The monoisotopic (exact) mass is 201 g/mol. The molecule has 0 aliphatic rings. The molecule has 0 saturated heterocycles. The second-order valence-electron chi connectivity index (χ2n) is 2.45. The molecule has 0 aliphatic carbocycles. The number of aliphatic hydroxyl groups excluding tert-OH is 1. The molecule has 0 atom stereocenters. The van der Waals surface area contributed by atoms with E-state index in [0.29, 0.717) is 13.0 Å². The standard InChI is InChI=1S/C9H15NO4/c1-2-14-9(13)5-4-8(12)10-6-3-7-11/h4-5,11H,2-3,6-7H2,1H3,(H,10,12)/b5-4+. The van der Waals surface area contributed by atoms with Crippen LogP contribution < -0.4 is 5.32 Å². The van der Waals surface area contributed by atoms with E-state index in [4.69, 9.17) is 5.11 Å². The summed E-state index contributed by atoms with van der Waals surface area (Å²) in [5.41, 5.74) is 0. The van der Waals surface area contributed by atoms with Crippen molar-refractivity contribution < 1.29 is 19.4 Å². The SMILES string of the molecule is CCOC(=O)/C=C/C(=O)NCCCO. The maximum atomic E-state index is 10.9. The van der Waals surface area contributed by atoms with Crippen molar-refractivity contribution in [1.82, 2.24) is 5.32 Å². The summed E-state index contributed by atoms with van der Waals surface area (Å²) in [6, 6.07) is 0. The van der Waals surface area contributed by atoms with Gasteiger partial charge in [-0.05, 0) is 13.3 Å². The van der Waals surface area contributed by atoms with E-state index in [0.717, 1.165) is 12.2 Å². The number of rotatable bonds is 6. The topological polar surface area (TPSA) is 75.6 Å². The summed E-state index contributed by atoms with van der Waals surface area (Å²) in [7, 11) is 0. The summed E-state index contributed by atoms with van der Waals surface area (Å²) in [5.74, 6) is -0.906. The smallest absolute Gasteiger partial charge is 0.330 e. The van der Waals surface area contributed by atoms with E-state index >= 15 is 0 Å². The minimum atomic E-state index is -0.537. The quantitative estimate of drug-likeness (QED) is 0.348. The fourth-order valence-corrected chi connectivity index (χ4v) is 0.684. The molecular formula is C9H15NO4. The van der Waals surface area contributed by atoms with Gasteiger partial charge in [-0.2, -0.15) is 0 Å². The number of carbonyl (C=O) groups is 2. The van der Waals surface area contributed by atoms with Crippen molar-refractivity contribution in [2.24, 2.45) is 0 Å². The second-order valence-corrected chi connectivity index (χ2v) is 2.45. The highest BCUT2D eigenvalue weighted by Crippen LogP contribution is 1.82. The van der Waals surface area contributed by atoms with E-state index in [9.17, 15) is 9.59 Å². The first kappa shape index (κ1) is 12.6. The van der Waals surface area contributed by atoms with Crippen LogP contribution >= 0.6 is 0 Å². The molecule has 80 valence electrons. The molecule has 0 aromatic heterocycles. The Morgan fingerprint density at radius 1 is 1.43 bits per heavy atom. The molecule has 14 heavy (non-hydrogen) atoms. The van der Waals surface area contributed by atoms with Gasteiger partial charge in [0.1, 0.15) is 0 Å². The lowest BCUT2D eigenvalue weighted by molar-refractivity contribution is -0.137. The van der Waals surface area contributed by atoms with Gasteiger partial charge in [0.15, 0.2) is 0 Å². The number of nitrogens with one attached hydrogen (secondary N) is 1. The summed E-state index contributed by atoms with van der Waals surface area (Å²) in [4.78, 5) is 21.7. The van der Waals surface area contributed by atoms with Crippen molar-refractivity contribution >= 4 is 11.9 Å². The maximum Gasteiger partial charge on any atom is 0.330 e. The Hall–Kier alpha value is -1.36. The number of hydrogen-bond donors (Lipinski definition) is 2. The number of aliphatic hydroxyl groups is 1. The van der Waals surface area contributed by atoms with Crippen LogP contribution in [0.25, 0.3) is 0 Å². The van der Waals surface area contributed by atoms with Crippen LogP contribution in [-0.4, -0.2) is 36.7 Å². The average Bonchev–Trinajstić information content (AvgIpc) is 2.16. The molecule has 5 heteroatoms. The molecule has 0 aromatic carbocycles. The minimum absolute atomic E-state index is 0.0296. The number of esters is 1. The third-order valence-corrected chi connectivity index (χ3v) is 1.29. The maximum absolute atomic E-state index is 10.9. The van der Waals surface area contributed by atoms with E-state index in [1.165, 1.54) is 0 Å². The van der Waals surface area contributed by atoms with Crippen LogP contribution in [0.3, 0.4) is 0 Å². The minimum Gasteiger partial charge on any atom is -0.463 e. The third kappa shape index (κ3) is 7.30. The van der Waals surface area contributed by atoms with Crippen LogP contribution in [0.2, 0.25) is 0 Å². The van der Waals surface area contributed by atoms with Gasteiger partial charge in [-0.1, -0.05) is 0 Å². The Bertz CT molecular complexity index is 213. The van der Waals surface area contributed by atoms with E-state index in [2.05, 4.69) is 10.1 Å². The van der Waals surface area contributed by atoms with Crippen LogP contribution in [0.15, 0.2) is 12.2 Å². The zero-order valence-corrected chi connectivity index (χ0v) is 8.16. The number of carbonyl (C=O) groups excluding carboxylic acids is 2. The Morgan fingerprint density at radius 2 is 2.14 bits per heavy atom. The molecule has 2 N–H and O–H groups in total. The van der Waals surface area contributed by atoms with Gasteiger partial charge in [0, 0.05) is 25.3 Å². The van der Waals surface area contributed by atoms with Gasteiger partial charge in [-0.25, -0.2) is 4.79 Å². The molecule has 0 aromatic rings. The normalized spacial score (nSPS) is 10.1. The highest BCUT2D eigenvalue weighted by Gasteiger charge is 1.97. The molecule has 0 spiro atoms. The Kier molecular flexibility index (Phi) is 7.45. The van der Waals surface area contributed by atoms with Gasteiger partial charge in [-0.3, -0.25) is 4.79 Å². The Morgan fingerprint density at radius 3 is 2.71 bits per heavy atom. The van der Waals surface area contributed by atoms with Crippen LogP contribution in [0.5, 0.6) is 0 Å². The van der Waals surface area contributed by atoms with Crippen LogP contribution in [0.4, 0.5) is 0 Å². The first-order valence-electron chi connectivity index (χ1n) is 4.44. The average molecular weight is 201 g/mol. The number of hydrogen-bond acceptors (Lipinski definition) is 4. The lowest BCUT2D eigenvalue weighted by atomic mass is 10.4. The first-order valence-corrected chi connectivity index (χ1v) is 4.44. The highest BCUT2D eigenvalue weighted by molar-refractivity contribution is 5.94. The van der Waals surface area contributed by atoms with Crippen molar-refractivity contribution in [2.45, 2.75) is 13.3 Å². The summed E-state index contributed by atoms with van der Waals surface area (Å²) >= 11 is 0. The molecule has 0 unspecified atom stereocenters. The molecule has 0 bridgehead atoms. The largest absolute Gasteiger partial charge is 0.463 e. The van der Waals surface area contributed by atoms with Crippen molar-refractivity contribution in [3.05, 3.63) is 12.2 Å². The van der Waals surface area contributed by atoms with E-state index in [1.54, 1.807) is 6.92 Å². The van der Waals surface area contributed by atoms with E-state index in [1.807, 2.05) is 0 Å². The van der Waals surface area contributed by atoms with Crippen LogP contribution in [0.1, 0.15) is 13.3 Å².